The van der Waals surface area contributed by atoms with Crippen LogP contribution in [0, 0.1) is 0 Å². The average molecular weight is 330 g/mol. The molecule has 3 rings (SSSR count). The maximum atomic E-state index is 5.31. The van der Waals surface area contributed by atoms with Crippen molar-refractivity contribution in [3.8, 4) is 11.5 Å². The molecule has 0 bridgehead atoms. The van der Waals surface area contributed by atoms with Gasteiger partial charge in [0.15, 0.2) is 0 Å². The van der Waals surface area contributed by atoms with Gasteiger partial charge in [-0.3, -0.25) is 0 Å². The number of allylic oxidation sites excluding steroid dienone is 1. The molecule has 0 saturated heterocycles. The summed E-state index contributed by atoms with van der Waals surface area (Å²) in [5.74, 6) is 1.68. The Morgan fingerprint density at radius 2 is 1.04 bits per heavy atom. The van der Waals surface area contributed by atoms with Crippen molar-refractivity contribution in [1.29, 1.82) is 0 Å². The van der Waals surface area contributed by atoms with E-state index in [4.69, 9.17) is 9.47 Å². The lowest BCUT2D eigenvalue weighted by molar-refractivity contribution is 0.414. The molecule has 0 amide bonds. The van der Waals surface area contributed by atoms with Crippen LogP contribution in [-0.4, -0.2) is 14.2 Å². The summed E-state index contributed by atoms with van der Waals surface area (Å²) in [5, 5.41) is 0. The van der Waals surface area contributed by atoms with E-state index in [-0.39, 0.29) is 0 Å². The molecule has 0 atom stereocenters. The van der Waals surface area contributed by atoms with Gasteiger partial charge >= 0.3 is 0 Å². The molecule has 3 aromatic carbocycles. The van der Waals surface area contributed by atoms with Crippen LogP contribution in [0.3, 0.4) is 0 Å². The van der Waals surface area contributed by atoms with Gasteiger partial charge in [0.25, 0.3) is 0 Å². The van der Waals surface area contributed by atoms with Gasteiger partial charge in [-0.15, -0.1) is 6.58 Å². The Bertz CT molecular complexity index is 771. The zero-order valence-electron chi connectivity index (χ0n) is 14.6. The highest BCUT2D eigenvalue weighted by atomic mass is 16.5. The van der Waals surface area contributed by atoms with Gasteiger partial charge in [-0.25, -0.2) is 0 Å². The largest absolute Gasteiger partial charge is 0.497 e. The lowest BCUT2D eigenvalue weighted by atomic mass is 9.69. The van der Waals surface area contributed by atoms with E-state index in [1.54, 1.807) is 14.2 Å². The SMILES string of the molecule is C=CC(c1ccccc1)(c1ccc(OC)cc1)c1ccc(OC)cc1. The van der Waals surface area contributed by atoms with Crippen LogP contribution in [0.1, 0.15) is 16.7 Å². The summed E-state index contributed by atoms with van der Waals surface area (Å²) in [6.45, 7) is 4.19. The Hall–Kier alpha value is -3.00. The Morgan fingerprint density at radius 3 is 1.40 bits per heavy atom. The molecular formula is C23H22O2. The van der Waals surface area contributed by atoms with Crippen molar-refractivity contribution >= 4 is 0 Å². The van der Waals surface area contributed by atoms with Crippen LogP contribution in [0.4, 0.5) is 0 Å². The normalized spacial score (nSPS) is 11.0. The van der Waals surface area contributed by atoms with E-state index < -0.39 is 5.41 Å². The highest BCUT2D eigenvalue weighted by molar-refractivity contribution is 5.55. The molecule has 0 aliphatic heterocycles. The number of hydrogen-bond acceptors (Lipinski definition) is 2. The smallest absolute Gasteiger partial charge is 0.118 e. The summed E-state index contributed by atoms with van der Waals surface area (Å²) in [7, 11) is 3.35. The zero-order valence-corrected chi connectivity index (χ0v) is 14.6. The van der Waals surface area contributed by atoms with Crippen LogP contribution in [0.2, 0.25) is 0 Å². The summed E-state index contributed by atoms with van der Waals surface area (Å²) in [6.07, 6.45) is 2.01. The van der Waals surface area contributed by atoms with E-state index in [1.807, 2.05) is 36.4 Å². The third kappa shape index (κ3) is 3.03. The summed E-state index contributed by atoms with van der Waals surface area (Å²) in [6, 6.07) is 26.7. The van der Waals surface area contributed by atoms with Gasteiger partial charge < -0.3 is 9.47 Å². The van der Waals surface area contributed by atoms with Crippen molar-refractivity contribution in [2.75, 3.05) is 14.2 Å². The van der Waals surface area contributed by atoms with Crippen molar-refractivity contribution in [2.45, 2.75) is 5.41 Å². The van der Waals surface area contributed by atoms with Crippen LogP contribution >= 0.6 is 0 Å². The van der Waals surface area contributed by atoms with Crippen molar-refractivity contribution in [1.82, 2.24) is 0 Å². The number of hydrogen-bond donors (Lipinski definition) is 0. The fraction of sp³-hybridized carbons (Fsp3) is 0.130. The molecule has 0 aliphatic carbocycles. The highest BCUT2D eigenvalue weighted by Crippen LogP contribution is 2.41. The maximum absolute atomic E-state index is 5.31. The Morgan fingerprint density at radius 1 is 0.640 bits per heavy atom. The summed E-state index contributed by atoms with van der Waals surface area (Å²) >= 11 is 0. The van der Waals surface area contributed by atoms with Crippen molar-refractivity contribution in [3.05, 3.63) is 108 Å². The summed E-state index contributed by atoms with van der Waals surface area (Å²) < 4.78 is 10.6. The van der Waals surface area contributed by atoms with Crippen molar-refractivity contribution < 1.29 is 9.47 Å². The van der Waals surface area contributed by atoms with Crippen molar-refractivity contribution in [3.63, 3.8) is 0 Å². The molecule has 0 radical (unpaired) electrons. The standard InChI is InChI=1S/C23H22O2/c1-4-23(18-8-6-5-7-9-18,19-10-14-21(24-2)15-11-19)20-12-16-22(25-3)17-13-20/h4-17H,1H2,2-3H3. The highest BCUT2D eigenvalue weighted by Gasteiger charge is 2.33. The van der Waals surface area contributed by atoms with E-state index in [0.717, 1.165) is 22.6 Å². The van der Waals surface area contributed by atoms with Crippen LogP contribution in [0.25, 0.3) is 0 Å². The second-order valence-electron chi connectivity index (χ2n) is 5.84. The number of ether oxygens (including phenoxy) is 2. The molecule has 0 saturated carbocycles. The Balaban J connectivity index is 2.23. The molecule has 0 heterocycles. The van der Waals surface area contributed by atoms with E-state index in [1.165, 1.54) is 5.56 Å². The minimum atomic E-state index is -0.445. The van der Waals surface area contributed by atoms with Gasteiger partial charge in [0.2, 0.25) is 0 Å². The molecule has 2 heteroatoms. The first-order chi connectivity index (χ1) is 12.2. The van der Waals surface area contributed by atoms with Gasteiger partial charge in [0.1, 0.15) is 11.5 Å². The fourth-order valence-corrected chi connectivity index (χ4v) is 3.26. The minimum absolute atomic E-state index is 0.445. The van der Waals surface area contributed by atoms with Crippen LogP contribution in [0.15, 0.2) is 91.5 Å². The monoisotopic (exact) mass is 330 g/mol. The quantitative estimate of drug-likeness (QED) is 0.455. The molecule has 0 spiro atoms. The molecular weight excluding hydrogens is 308 g/mol. The lowest BCUT2D eigenvalue weighted by Crippen LogP contribution is -2.26. The van der Waals surface area contributed by atoms with Crippen LogP contribution in [0.5, 0.6) is 11.5 Å². The molecule has 0 N–H and O–H groups in total. The first-order valence-electron chi connectivity index (χ1n) is 8.23. The predicted octanol–water partition coefficient (Wildman–Crippen LogP) is 5.22. The third-order valence-electron chi connectivity index (χ3n) is 4.63. The van der Waals surface area contributed by atoms with Gasteiger partial charge in [-0.05, 0) is 41.0 Å². The Labute approximate surface area is 149 Å². The topological polar surface area (TPSA) is 18.5 Å². The van der Waals surface area contributed by atoms with E-state index in [2.05, 4.69) is 55.1 Å². The second-order valence-corrected chi connectivity index (χ2v) is 5.84. The third-order valence-corrected chi connectivity index (χ3v) is 4.63. The van der Waals surface area contributed by atoms with Crippen LogP contribution < -0.4 is 9.47 Å². The molecule has 2 nitrogen and oxygen atoms in total. The predicted molar refractivity (Wildman–Crippen MR) is 103 cm³/mol. The Kier molecular flexibility index (Phi) is 4.90. The molecule has 25 heavy (non-hydrogen) atoms. The summed E-state index contributed by atoms with van der Waals surface area (Å²) in [4.78, 5) is 0. The maximum Gasteiger partial charge on any atom is 0.118 e. The van der Waals surface area contributed by atoms with Gasteiger partial charge in [0, 0.05) is 0 Å². The number of methoxy groups -OCH3 is 2. The van der Waals surface area contributed by atoms with Gasteiger partial charge in [-0.1, -0.05) is 60.7 Å². The number of benzene rings is 3. The molecule has 126 valence electrons. The second kappa shape index (κ2) is 7.27. The van der Waals surface area contributed by atoms with Crippen molar-refractivity contribution in [2.24, 2.45) is 0 Å². The molecule has 3 aromatic rings. The average Bonchev–Trinajstić information content (AvgIpc) is 2.71. The first-order valence-corrected chi connectivity index (χ1v) is 8.23. The number of rotatable bonds is 6. The first kappa shape index (κ1) is 16.8. The van der Waals surface area contributed by atoms with E-state index in [0.29, 0.717) is 0 Å². The molecule has 0 fully saturated rings. The summed E-state index contributed by atoms with van der Waals surface area (Å²) in [5.41, 5.74) is 3.00. The molecule has 0 unspecified atom stereocenters. The zero-order chi connectivity index (χ0) is 17.7. The van der Waals surface area contributed by atoms with Gasteiger partial charge in [0.05, 0.1) is 19.6 Å². The molecule has 0 aromatic heterocycles. The fourth-order valence-electron chi connectivity index (χ4n) is 3.26. The van der Waals surface area contributed by atoms with Gasteiger partial charge in [-0.2, -0.15) is 0 Å². The van der Waals surface area contributed by atoms with Crippen LogP contribution in [-0.2, 0) is 5.41 Å². The van der Waals surface area contributed by atoms with E-state index >= 15 is 0 Å². The molecule has 0 aliphatic rings. The van der Waals surface area contributed by atoms with E-state index in [9.17, 15) is 0 Å². The lowest BCUT2D eigenvalue weighted by Gasteiger charge is -2.33. The minimum Gasteiger partial charge on any atom is -0.497 e.